The molecule has 0 aromatic carbocycles. The lowest BCUT2D eigenvalue weighted by Gasteiger charge is -2.04. The van der Waals surface area contributed by atoms with Crippen molar-refractivity contribution < 1.29 is 57.5 Å². The molecule has 0 bridgehead atoms. The monoisotopic (exact) mass is 1960 g/mol. The quantitative estimate of drug-likeness (QED) is 0.0522. The largest absolute Gasteiger partial charge is 0.300 e. The van der Waals surface area contributed by atoms with Crippen LogP contribution < -0.4 is 0 Å². The van der Waals surface area contributed by atoms with E-state index < -0.39 is 0 Å². The van der Waals surface area contributed by atoms with Crippen LogP contribution >= 0.6 is 0 Å². The van der Waals surface area contributed by atoms with Gasteiger partial charge in [-0.1, -0.05) is 531 Å². The van der Waals surface area contributed by atoms with Crippen molar-refractivity contribution in [3.8, 4) is 0 Å². The molecule has 0 saturated heterocycles. The molecule has 12 nitrogen and oxygen atoms in total. The van der Waals surface area contributed by atoms with Gasteiger partial charge in [0.15, 0.2) is 0 Å². The molecule has 138 heavy (non-hydrogen) atoms. The Morgan fingerprint density at radius 3 is 0.304 bits per heavy atom. The first-order valence-electron chi connectivity index (χ1n) is 59.4. The first-order chi connectivity index (χ1) is 65.1. The SMILES string of the molecule is CC(=O)C(C)C.CCC(=O)C(C)C.CCCC(=O)C(C)C.CCCCC(=O)C(C)C.CCCCCC(=O)C(C)C.CCCCCCC(=O)C(C)C.CCCCCCCC(=O)C(C)C.CCCCCCCCC(=O)C(C)C.CCCCCCCCCC(=O)C(C)C.CCCCCCCCCCC(=O)C(C)C.CCCCCCCCCCCC(=O)C(C)C.CCCCCCCCCCCCC(=O)C(C)C. The van der Waals surface area contributed by atoms with Gasteiger partial charge in [0.1, 0.15) is 69.4 Å². The molecule has 0 atom stereocenters. The average Bonchev–Trinajstić information content (AvgIpc) is 1.20. The van der Waals surface area contributed by atoms with Gasteiger partial charge >= 0.3 is 0 Å². The maximum atomic E-state index is 11.4. The van der Waals surface area contributed by atoms with E-state index >= 15 is 0 Å². The highest BCUT2D eigenvalue weighted by atomic mass is 16.2. The molecule has 0 radical (unpaired) electrons. The lowest BCUT2D eigenvalue weighted by atomic mass is 10.0. The molecule has 0 amide bonds. The summed E-state index contributed by atoms with van der Waals surface area (Å²) in [6.07, 6.45) is 78.7. The van der Waals surface area contributed by atoms with E-state index in [1.807, 2.05) is 180 Å². The van der Waals surface area contributed by atoms with Gasteiger partial charge in [-0.2, -0.15) is 0 Å². The van der Waals surface area contributed by atoms with Gasteiger partial charge in [0.25, 0.3) is 0 Å². The normalized spacial score (nSPS) is 10.6. The van der Waals surface area contributed by atoms with Crippen molar-refractivity contribution in [2.75, 3.05) is 0 Å². The van der Waals surface area contributed by atoms with Crippen LogP contribution in [0.4, 0.5) is 0 Å². The van der Waals surface area contributed by atoms with Crippen molar-refractivity contribution in [3.63, 3.8) is 0 Å². The highest BCUT2D eigenvalue weighted by Gasteiger charge is 2.14. The number of hydrogen-bond acceptors (Lipinski definition) is 12. The van der Waals surface area contributed by atoms with Crippen LogP contribution in [-0.2, 0) is 57.5 Å². The molecule has 0 aliphatic rings. The molecule has 0 aliphatic carbocycles. The summed E-state index contributed by atoms with van der Waals surface area (Å²) in [7, 11) is 0. The molecular weight excluding hydrogens is 1710 g/mol. The summed E-state index contributed by atoms with van der Waals surface area (Å²) in [6, 6.07) is 0. The Morgan fingerprint density at radius 1 is 0.116 bits per heavy atom. The van der Waals surface area contributed by atoms with E-state index in [0.717, 1.165) is 135 Å². The fourth-order valence-electron chi connectivity index (χ4n) is 13.2. The third-order valence-corrected chi connectivity index (χ3v) is 24.7. The summed E-state index contributed by atoms with van der Waals surface area (Å²) < 4.78 is 0. The number of unbranched alkanes of at least 4 members (excludes halogenated alkanes) is 45. The third-order valence-electron chi connectivity index (χ3n) is 24.7. The van der Waals surface area contributed by atoms with Crippen LogP contribution in [0.5, 0.6) is 0 Å². The lowest BCUT2D eigenvalue weighted by molar-refractivity contribution is -0.122. The molecular formula is C126H252O12. The van der Waals surface area contributed by atoms with Gasteiger partial charge in [-0.15, -0.1) is 0 Å². The zero-order chi connectivity index (χ0) is 109. The number of hydrogen-bond donors (Lipinski definition) is 0. The van der Waals surface area contributed by atoms with Gasteiger partial charge in [0.05, 0.1) is 0 Å². The Hall–Kier alpha value is -3.96. The molecule has 0 aromatic heterocycles. The number of ketones is 12. The maximum absolute atomic E-state index is 11.4. The van der Waals surface area contributed by atoms with E-state index in [2.05, 4.69) is 62.3 Å². The van der Waals surface area contributed by atoms with Crippen molar-refractivity contribution in [2.45, 2.75) is 673 Å². The van der Waals surface area contributed by atoms with Crippen molar-refractivity contribution in [1.29, 1.82) is 0 Å². The molecule has 0 N–H and O–H groups in total. The van der Waals surface area contributed by atoms with Crippen LogP contribution in [0.1, 0.15) is 673 Å². The highest BCUT2D eigenvalue weighted by molar-refractivity contribution is 5.84. The summed E-state index contributed by atoms with van der Waals surface area (Å²) >= 11 is 0. The molecule has 0 fully saturated rings. The predicted molar refractivity (Wildman–Crippen MR) is 611 cm³/mol. The minimum absolute atomic E-state index is 0.213. The Bertz CT molecular complexity index is 2580. The van der Waals surface area contributed by atoms with Gasteiger partial charge in [0.2, 0.25) is 0 Å². The third kappa shape index (κ3) is 155. The van der Waals surface area contributed by atoms with E-state index in [-0.39, 0.29) is 76.8 Å². The Balaban J connectivity index is -0.000000127. The second-order valence-corrected chi connectivity index (χ2v) is 43.4. The summed E-state index contributed by atoms with van der Waals surface area (Å²) in [5.41, 5.74) is 0. The minimum atomic E-state index is 0.213. The van der Waals surface area contributed by atoms with Crippen LogP contribution in [0.3, 0.4) is 0 Å². The van der Waals surface area contributed by atoms with Gasteiger partial charge < -0.3 is 0 Å². The fourth-order valence-corrected chi connectivity index (χ4v) is 13.2. The zero-order valence-electron chi connectivity index (χ0n) is 100. The molecule has 0 unspecified atom stereocenters. The molecule has 0 rings (SSSR count). The van der Waals surface area contributed by atoms with Gasteiger partial charge in [-0.25, -0.2) is 0 Å². The molecule has 0 spiro atoms. The number of rotatable bonds is 78. The average molecular weight is 1960 g/mol. The Kier molecular flexibility index (Phi) is 149. The van der Waals surface area contributed by atoms with E-state index in [0.29, 0.717) is 70.0 Å². The van der Waals surface area contributed by atoms with E-state index in [1.54, 1.807) is 6.92 Å². The van der Waals surface area contributed by atoms with Crippen molar-refractivity contribution in [2.24, 2.45) is 71.0 Å². The van der Waals surface area contributed by atoms with Crippen LogP contribution in [-0.4, -0.2) is 69.4 Å². The molecule has 12 heteroatoms. The van der Waals surface area contributed by atoms with E-state index in [1.165, 1.54) is 283 Å². The predicted octanol–water partition coefficient (Wildman–Crippen LogP) is 40.5. The summed E-state index contributed by atoms with van der Waals surface area (Å²) in [5.74, 6) is 7.55. The topological polar surface area (TPSA) is 205 Å². The first-order valence-corrected chi connectivity index (χ1v) is 59.4. The molecule has 0 aliphatic heterocycles. The molecule has 0 saturated carbocycles. The van der Waals surface area contributed by atoms with E-state index in [4.69, 9.17) is 0 Å². The summed E-state index contributed by atoms with van der Waals surface area (Å²) in [5, 5.41) is 0. The van der Waals surface area contributed by atoms with Crippen LogP contribution in [0, 0.1) is 71.0 Å². The summed E-state index contributed by atoms with van der Waals surface area (Å²) in [4.78, 5) is 132. The zero-order valence-corrected chi connectivity index (χ0v) is 100. The van der Waals surface area contributed by atoms with Gasteiger partial charge in [-0.05, 0) is 71.1 Å². The van der Waals surface area contributed by atoms with Gasteiger partial charge in [-0.3, -0.25) is 57.5 Å². The molecule has 0 heterocycles. The minimum Gasteiger partial charge on any atom is -0.300 e. The second kappa shape index (κ2) is 129. The maximum Gasteiger partial charge on any atom is 0.135 e. The van der Waals surface area contributed by atoms with Crippen LogP contribution in [0.2, 0.25) is 0 Å². The van der Waals surface area contributed by atoms with Gasteiger partial charge in [0, 0.05) is 142 Å². The standard InChI is InChI=1S/C16H32O.C15H30O.C14H28O.C13H26O.C12H24O.C11H22O.C10H20O.C9H18O.C8H16O.C7H14O.C6H12O.C5H10O/c1-4-5-6-7-8-9-10-11-12-13-14-16(17)15(2)3;1-4-5-6-7-8-9-10-11-12-13-15(16)14(2)3;1-4-5-6-7-8-9-10-11-12-14(15)13(2)3;1-4-5-6-7-8-9-10-11-13(14)12(2)3;1-4-5-6-7-8-9-10-12(13)11(2)3;1-4-5-6-7-8-9-11(12)10(2)3;1-4-5-6-7-8-10(11)9(2)3;1-4-5-6-7-9(10)8(2)3;1-4-5-6-8(9)7(2)3;1-4-5-7(8)6(2)3;1-4-6(7)5(2)3;1-4(2)5(3)6/h15H,4-14H2,1-3H3;14H,4-13H2,1-3H3;13H,4-12H2,1-3H3;12H,4-11H2,1-3H3;11H,4-10H2,1-3H3;10H,4-9H2,1-3H3;9H,4-8H2,1-3H3;8H,4-7H2,1-3H3;7H,4-6H2,1-3H3;6H,4-5H2,1-3H3;5H,4H2,1-3H3;4H,1-3H3. The Morgan fingerprint density at radius 2 is 0.210 bits per heavy atom. The summed E-state index contributed by atoms with van der Waals surface area (Å²) in [6.45, 7) is 72.6. The number of carbonyl (C=O) groups excluding carboxylic acids is 12. The van der Waals surface area contributed by atoms with Crippen molar-refractivity contribution in [3.05, 3.63) is 0 Å². The van der Waals surface area contributed by atoms with Crippen molar-refractivity contribution >= 4 is 69.4 Å². The fraction of sp³-hybridized carbons (Fsp3) is 0.905. The first kappa shape index (κ1) is 159. The second-order valence-electron chi connectivity index (χ2n) is 43.4. The number of Topliss-reactive ketones (excluding diaryl/α,β-unsaturated/α-hetero) is 12. The smallest absolute Gasteiger partial charge is 0.135 e. The van der Waals surface area contributed by atoms with Crippen molar-refractivity contribution in [1.82, 2.24) is 0 Å². The number of carbonyl (C=O) groups is 12. The Labute approximate surface area is 865 Å². The molecule has 0 aromatic rings. The van der Waals surface area contributed by atoms with Crippen LogP contribution in [0.15, 0.2) is 0 Å². The molecule has 828 valence electrons. The highest BCUT2D eigenvalue weighted by Crippen LogP contribution is 2.19. The van der Waals surface area contributed by atoms with E-state index in [9.17, 15) is 57.5 Å². The van der Waals surface area contributed by atoms with Crippen LogP contribution in [0.25, 0.3) is 0 Å². The lowest BCUT2D eigenvalue weighted by Crippen LogP contribution is -2.05.